The number of nitrogens with zero attached hydrogens (tertiary/aromatic N) is 1. The Bertz CT molecular complexity index is 447. The fraction of sp³-hybridized carbons (Fsp3) is 0.357. The summed E-state index contributed by atoms with van der Waals surface area (Å²) in [6.07, 6.45) is 3.83. The van der Waals surface area contributed by atoms with Gasteiger partial charge in [-0.25, -0.2) is 4.79 Å². The van der Waals surface area contributed by atoms with Gasteiger partial charge in [0.1, 0.15) is 0 Å². The molecular weight excluding hydrogens is 212 g/mol. The van der Waals surface area contributed by atoms with Crippen LogP contribution in [0.2, 0.25) is 0 Å². The number of allylic oxidation sites excluding steroid dienone is 1. The molecule has 17 heavy (non-hydrogen) atoms. The van der Waals surface area contributed by atoms with E-state index in [0.717, 1.165) is 30.6 Å². The minimum Gasteiger partial charge on any atom is -0.314 e. The predicted molar refractivity (Wildman–Crippen MR) is 70.1 cm³/mol. The van der Waals surface area contributed by atoms with Crippen molar-refractivity contribution in [3.8, 4) is 0 Å². The number of nitrogens with one attached hydrogen (secondary N) is 1. The van der Waals surface area contributed by atoms with Crippen molar-refractivity contribution >= 4 is 11.7 Å². The summed E-state index contributed by atoms with van der Waals surface area (Å²) in [6, 6.07) is 8.06. The van der Waals surface area contributed by atoms with E-state index in [1.807, 2.05) is 36.9 Å². The van der Waals surface area contributed by atoms with Crippen LogP contribution < -0.4 is 10.2 Å². The lowest BCUT2D eigenvalue weighted by molar-refractivity contribution is 0.249. The first-order valence-electron chi connectivity index (χ1n) is 5.98. The third-order valence-electron chi connectivity index (χ3n) is 2.84. The molecule has 0 unspecified atom stereocenters. The van der Waals surface area contributed by atoms with Crippen LogP contribution in [0.4, 0.5) is 10.5 Å². The fourth-order valence-electron chi connectivity index (χ4n) is 2.03. The van der Waals surface area contributed by atoms with Gasteiger partial charge in [-0.05, 0) is 38.3 Å². The summed E-state index contributed by atoms with van der Waals surface area (Å²) in [5.74, 6) is 0. The molecule has 90 valence electrons. The van der Waals surface area contributed by atoms with Gasteiger partial charge in [0.25, 0.3) is 0 Å². The molecule has 3 heteroatoms. The number of aryl methyl sites for hydroxylation is 1. The van der Waals surface area contributed by atoms with Gasteiger partial charge in [-0.2, -0.15) is 0 Å². The maximum atomic E-state index is 12.0. The van der Waals surface area contributed by atoms with Gasteiger partial charge in [-0.1, -0.05) is 23.8 Å². The Morgan fingerprint density at radius 3 is 2.88 bits per heavy atom. The first-order valence-corrected chi connectivity index (χ1v) is 5.98. The van der Waals surface area contributed by atoms with Gasteiger partial charge in [0.15, 0.2) is 0 Å². The first-order chi connectivity index (χ1) is 8.18. The van der Waals surface area contributed by atoms with E-state index in [0.29, 0.717) is 0 Å². The summed E-state index contributed by atoms with van der Waals surface area (Å²) in [6.45, 7) is 4.72. The molecule has 0 atom stereocenters. The molecule has 1 aliphatic rings. The van der Waals surface area contributed by atoms with Crippen LogP contribution in [-0.2, 0) is 6.42 Å². The summed E-state index contributed by atoms with van der Waals surface area (Å²) in [4.78, 5) is 13.9. The summed E-state index contributed by atoms with van der Waals surface area (Å²) < 4.78 is 0. The zero-order chi connectivity index (χ0) is 12.3. The maximum absolute atomic E-state index is 12.0. The van der Waals surface area contributed by atoms with Crippen molar-refractivity contribution in [1.29, 1.82) is 0 Å². The molecule has 0 saturated heterocycles. The second kappa shape index (κ2) is 5.04. The predicted octanol–water partition coefficient (Wildman–Crippen LogP) is 3.07. The van der Waals surface area contributed by atoms with Crippen molar-refractivity contribution in [1.82, 2.24) is 5.32 Å². The van der Waals surface area contributed by atoms with E-state index >= 15 is 0 Å². The first kappa shape index (κ1) is 11.7. The Hall–Kier alpha value is -1.77. The molecule has 0 spiro atoms. The van der Waals surface area contributed by atoms with E-state index in [-0.39, 0.29) is 6.03 Å². The Labute approximate surface area is 102 Å². The number of carbonyl (C=O) groups excluding carboxylic acids is 1. The van der Waals surface area contributed by atoms with E-state index < -0.39 is 0 Å². The molecule has 0 bridgehead atoms. The van der Waals surface area contributed by atoms with Crippen LogP contribution in [0.3, 0.4) is 0 Å². The highest BCUT2D eigenvalue weighted by Crippen LogP contribution is 2.26. The molecule has 0 saturated carbocycles. The Kier molecular flexibility index (Phi) is 3.47. The van der Waals surface area contributed by atoms with Crippen molar-refractivity contribution in [2.24, 2.45) is 0 Å². The van der Waals surface area contributed by atoms with Crippen molar-refractivity contribution in [2.45, 2.75) is 26.7 Å². The normalized spacial score (nSPS) is 13.9. The minimum absolute atomic E-state index is 0.0432. The molecule has 1 aromatic rings. The number of anilines is 1. The molecule has 1 N–H and O–H groups in total. The number of urea groups is 1. The fourth-order valence-corrected chi connectivity index (χ4v) is 2.03. The van der Waals surface area contributed by atoms with Crippen LogP contribution in [0, 0.1) is 0 Å². The highest BCUT2D eigenvalue weighted by Gasteiger charge is 2.21. The summed E-state index contributed by atoms with van der Waals surface area (Å²) in [7, 11) is 0. The minimum atomic E-state index is -0.0432. The van der Waals surface area contributed by atoms with Crippen LogP contribution >= 0.6 is 0 Å². The van der Waals surface area contributed by atoms with Gasteiger partial charge in [-0.15, -0.1) is 0 Å². The number of hydrogen-bond acceptors (Lipinski definition) is 1. The third-order valence-corrected chi connectivity index (χ3v) is 2.84. The lowest BCUT2D eigenvalue weighted by atomic mass is 10.0. The quantitative estimate of drug-likeness (QED) is 0.790. The van der Waals surface area contributed by atoms with Crippen LogP contribution in [0.1, 0.15) is 25.8 Å². The van der Waals surface area contributed by atoms with Crippen LogP contribution in [-0.4, -0.2) is 12.6 Å². The second-order valence-corrected chi connectivity index (χ2v) is 4.56. The van der Waals surface area contributed by atoms with E-state index in [1.165, 1.54) is 5.56 Å². The van der Waals surface area contributed by atoms with Crippen molar-refractivity contribution in [2.75, 3.05) is 11.4 Å². The Balaban J connectivity index is 2.18. The van der Waals surface area contributed by atoms with E-state index in [9.17, 15) is 4.79 Å². The zero-order valence-corrected chi connectivity index (χ0v) is 10.4. The Morgan fingerprint density at radius 2 is 2.12 bits per heavy atom. The van der Waals surface area contributed by atoms with Gasteiger partial charge in [0.2, 0.25) is 0 Å². The molecule has 0 radical (unpaired) electrons. The number of carbonyl (C=O) groups is 1. The number of benzene rings is 1. The van der Waals surface area contributed by atoms with Gasteiger partial charge in [0, 0.05) is 18.4 Å². The molecular formula is C14H18N2O. The third kappa shape index (κ3) is 2.67. The number of amides is 2. The molecule has 0 aliphatic carbocycles. The molecule has 1 heterocycles. The van der Waals surface area contributed by atoms with Crippen molar-refractivity contribution in [3.05, 3.63) is 41.6 Å². The molecule has 2 amide bonds. The van der Waals surface area contributed by atoms with Gasteiger partial charge >= 0.3 is 6.03 Å². The highest BCUT2D eigenvalue weighted by molar-refractivity contribution is 5.93. The van der Waals surface area contributed by atoms with Crippen LogP contribution in [0.25, 0.3) is 0 Å². The maximum Gasteiger partial charge on any atom is 0.325 e. The smallest absolute Gasteiger partial charge is 0.314 e. The summed E-state index contributed by atoms with van der Waals surface area (Å²) >= 11 is 0. The van der Waals surface area contributed by atoms with Gasteiger partial charge in [-0.3, -0.25) is 4.90 Å². The highest BCUT2D eigenvalue weighted by atomic mass is 16.2. The van der Waals surface area contributed by atoms with E-state index in [1.54, 1.807) is 6.20 Å². The van der Waals surface area contributed by atoms with E-state index in [2.05, 4.69) is 11.4 Å². The van der Waals surface area contributed by atoms with Crippen molar-refractivity contribution in [3.63, 3.8) is 0 Å². The van der Waals surface area contributed by atoms with Gasteiger partial charge < -0.3 is 5.32 Å². The van der Waals surface area contributed by atoms with Crippen LogP contribution in [0.5, 0.6) is 0 Å². The topological polar surface area (TPSA) is 32.3 Å². The SMILES string of the molecule is CC(C)=CNC(=O)N1CCCc2ccccc21. The molecule has 0 aromatic heterocycles. The molecule has 2 rings (SSSR count). The molecule has 1 aliphatic heterocycles. The largest absolute Gasteiger partial charge is 0.325 e. The summed E-state index contributed by atoms with van der Waals surface area (Å²) in [5, 5.41) is 2.82. The zero-order valence-electron chi connectivity index (χ0n) is 10.4. The lowest BCUT2D eigenvalue weighted by Crippen LogP contribution is -2.40. The average Bonchev–Trinajstić information content (AvgIpc) is 2.35. The average molecular weight is 230 g/mol. The number of rotatable bonds is 1. The number of para-hydroxylation sites is 1. The lowest BCUT2D eigenvalue weighted by Gasteiger charge is -2.29. The monoisotopic (exact) mass is 230 g/mol. The molecule has 0 fully saturated rings. The second-order valence-electron chi connectivity index (χ2n) is 4.56. The summed E-state index contributed by atoms with van der Waals surface area (Å²) in [5.41, 5.74) is 3.38. The standard InChI is InChI=1S/C14H18N2O/c1-11(2)10-15-14(17)16-9-5-7-12-6-3-4-8-13(12)16/h3-4,6,8,10H,5,7,9H2,1-2H3,(H,15,17). The number of fused-ring (bicyclic) bond motifs is 1. The Morgan fingerprint density at radius 1 is 1.35 bits per heavy atom. The molecule has 1 aromatic carbocycles. The van der Waals surface area contributed by atoms with Crippen molar-refractivity contribution < 1.29 is 4.79 Å². The van der Waals surface area contributed by atoms with E-state index in [4.69, 9.17) is 0 Å². The van der Waals surface area contributed by atoms with Crippen LogP contribution in [0.15, 0.2) is 36.0 Å². The number of hydrogen-bond donors (Lipinski definition) is 1. The molecule has 3 nitrogen and oxygen atoms in total. The van der Waals surface area contributed by atoms with Gasteiger partial charge in [0.05, 0.1) is 0 Å².